The fraction of sp³-hybridized carbons (Fsp3) is 0.824. The number of nitrogens with one attached hydrogen (secondary N) is 2. The van der Waals surface area contributed by atoms with Crippen LogP contribution >= 0.6 is 0 Å². The maximum absolute atomic E-state index is 4.67. The summed E-state index contributed by atoms with van der Waals surface area (Å²) in [6, 6.07) is 0.434. The summed E-state index contributed by atoms with van der Waals surface area (Å²) in [7, 11) is 0. The summed E-state index contributed by atoms with van der Waals surface area (Å²) in [6.45, 7) is 13.9. The van der Waals surface area contributed by atoms with Gasteiger partial charge in [-0.05, 0) is 44.9 Å². The van der Waals surface area contributed by atoms with Crippen LogP contribution in [0.3, 0.4) is 0 Å². The lowest BCUT2D eigenvalue weighted by Gasteiger charge is -2.23. The van der Waals surface area contributed by atoms with Crippen LogP contribution in [0.15, 0.2) is 17.6 Å². The summed E-state index contributed by atoms with van der Waals surface area (Å²) in [6.07, 6.45) is 8.02. The first-order valence-electron chi connectivity index (χ1n) is 8.78. The molecule has 0 amide bonds. The first-order chi connectivity index (χ1) is 10.9. The number of aryl methyl sites for hydroxylation is 1. The molecule has 1 aromatic rings. The maximum Gasteiger partial charge on any atom is 0.191 e. The molecular weight excluding hydrogens is 288 g/mol. The molecule has 1 atom stereocenters. The number of rotatable bonds is 9. The van der Waals surface area contributed by atoms with Gasteiger partial charge in [-0.3, -0.25) is 4.99 Å². The van der Waals surface area contributed by atoms with Crippen LogP contribution in [0.1, 0.15) is 60.3 Å². The van der Waals surface area contributed by atoms with Crippen LogP contribution in [0.4, 0.5) is 0 Å². The highest BCUT2D eigenvalue weighted by atomic mass is 15.2. The Morgan fingerprint density at radius 2 is 1.91 bits per heavy atom. The molecule has 0 aliphatic heterocycles. The van der Waals surface area contributed by atoms with E-state index >= 15 is 0 Å². The van der Waals surface area contributed by atoms with Crippen molar-refractivity contribution >= 4 is 5.96 Å². The summed E-state index contributed by atoms with van der Waals surface area (Å²) in [5.41, 5.74) is 0.383. The maximum atomic E-state index is 4.67. The van der Waals surface area contributed by atoms with Crippen molar-refractivity contribution in [2.24, 2.45) is 10.4 Å². The first kappa shape index (κ1) is 19.5. The van der Waals surface area contributed by atoms with Crippen molar-refractivity contribution in [2.45, 2.75) is 72.9 Å². The van der Waals surface area contributed by atoms with Gasteiger partial charge in [0.2, 0.25) is 0 Å². The minimum atomic E-state index is 0.383. The molecule has 0 radical (unpaired) electrons. The quantitative estimate of drug-likeness (QED) is 0.417. The van der Waals surface area contributed by atoms with Gasteiger partial charge in [0.1, 0.15) is 12.7 Å². The van der Waals surface area contributed by atoms with Crippen molar-refractivity contribution in [2.75, 3.05) is 13.1 Å². The predicted octanol–water partition coefficient (Wildman–Crippen LogP) is 2.83. The third-order valence-corrected chi connectivity index (χ3v) is 3.62. The number of aliphatic imine (C=N–C) groups is 1. The van der Waals surface area contributed by atoms with E-state index in [1.807, 2.05) is 4.57 Å². The molecule has 2 N–H and O–H groups in total. The molecule has 0 saturated heterocycles. The third-order valence-electron chi connectivity index (χ3n) is 3.62. The second-order valence-electron chi connectivity index (χ2n) is 7.31. The second-order valence-corrected chi connectivity index (χ2v) is 7.31. The molecule has 0 aromatic carbocycles. The minimum Gasteiger partial charge on any atom is -0.357 e. The summed E-state index contributed by atoms with van der Waals surface area (Å²) in [4.78, 5) is 4.67. The monoisotopic (exact) mass is 322 g/mol. The van der Waals surface area contributed by atoms with Crippen molar-refractivity contribution in [1.29, 1.82) is 0 Å². The zero-order chi connectivity index (χ0) is 17.1. The van der Waals surface area contributed by atoms with Gasteiger partial charge in [-0.25, -0.2) is 0 Å². The molecule has 6 heteroatoms. The van der Waals surface area contributed by atoms with Crippen LogP contribution in [0.5, 0.6) is 0 Å². The Balaban J connectivity index is 2.28. The van der Waals surface area contributed by atoms with Crippen molar-refractivity contribution in [3.05, 3.63) is 12.7 Å². The van der Waals surface area contributed by atoms with Crippen molar-refractivity contribution in [3.8, 4) is 0 Å². The molecule has 1 unspecified atom stereocenters. The van der Waals surface area contributed by atoms with Crippen LogP contribution in [-0.2, 0) is 6.54 Å². The fourth-order valence-corrected chi connectivity index (χ4v) is 2.21. The molecular formula is C17H34N6. The third kappa shape index (κ3) is 9.92. The van der Waals surface area contributed by atoms with E-state index in [0.29, 0.717) is 11.5 Å². The lowest BCUT2D eigenvalue weighted by molar-refractivity contribution is 0.346. The number of aromatic nitrogens is 3. The van der Waals surface area contributed by atoms with Crippen molar-refractivity contribution < 1.29 is 0 Å². The lowest BCUT2D eigenvalue weighted by Crippen LogP contribution is -2.42. The molecule has 0 aliphatic rings. The SMILES string of the molecule is CCNC(=NCCCCn1cnnc1)NC(C)CCC(C)(C)C. The van der Waals surface area contributed by atoms with Gasteiger partial charge in [0.25, 0.3) is 0 Å². The standard InChI is InChI=1S/C17H34N6/c1-6-18-16(22-15(2)9-10-17(3,4)5)19-11-7-8-12-23-13-20-21-14-23/h13-15H,6-12H2,1-5H3,(H2,18,19,22). The highest BCUT2D eigenvalue weighted by molar-refractivity contribution is 5.79. The van der Waals surface area contributed by atoms with Crippen LogP contribution in [0.25, 0.3) is 0 Å². The van der Waals surface area contributed by atoms with Crippen molar-refractivity contribution in [3.63, 3.8) is 0 Å². The fourth-order valence-electron chi connectivity index (χ4n) is 2.21. The molecule has 23 heavy (non-hydrogen) atoms. The number of hydrogen-bond donors (Lipinski definition) is 2. The van der Waals surface area contributed by atoms with Crippen LogP contribution < -0.4 is 10.6 Å². The van der Waals surface area contributed by atoms with Gasteiger partial charge in [-0.15, -0.1) is 10.2 Å². The van der Waals surface area contributed by atoms with Gasteiger partial charge in [-0.2, -0.15) is 0 Å². The van der Waals surface area contributed by atoms with Gasteiger partial charge >= 0.3 is 0 Å². The lowest BCUT2D eigenvalue weighted by atomic mass is 9.89. The largest absolute Gasteiger partial charge is 0.357 e. The van der Waals surface area contributed by atoms with E-state index < -0.39 is 0 Å². The Morgan fingerprint density at radius 3 is 2.52 bits per heavy atom. The molecule has 132 valence electrons. The van der Waals surface area contributed by atoms with Gasteiger partial charge in [0.15, 0.2) is 5.96 Å². The smallest absolute Gasteiger partial charge is 0.191 e. The number of nitrogens with zero attached hydrogens (tertiary/aromatic N) is 4. The molecule has 0 saturated carbocycles. The Morgan fingerprint density at radius 1 is 1.22 bits per heavy atom. The zero-order valence-electron chi connectivity index (χ0n) is 15.5. The van der Waals surface area contributed by atoms with Gasteiger partial charge < -0.3 is 15.2 Å². The Labute approximate surface area is 141 Å². The summed E-state index contributed by atoms with van der Waals surface area (Å²) in [5, 5.41) is 14.5. The van der Waals surface area contributed by atoms with Crippen molar-refractivity contribution in [1.82, 2.24) is 25.4 Å². The molecule has 0 spiro atoms. The molecule has 1 aromatic heterocycles. The Hall–Kier alpha value is -1.59. The minimum absolute atomic E-state index is 0.383. The normalized spacial score (nSPS) is 13.9. The van der Waals surface area contributed by atoms with E-state index in [0.717, 1.165) is 44.9 Å². The predicted molar refractivity (Wildman–Crippen MR) is 96.5 cm³/mol. The Kier molecular flexibility index (Phi) is 8.66. The Bertz CT molecular complexity index is 432. The zero-order valence-corrected chi connectivity index (χ0v) is 15.5. The van der Waals surface area contributed by atoms with E-state index in [9.17, 15) is 0 Å². The van der Waals surface area contributed by atoms with Crippen LogP contribution in [0.2, 0.25) is 0 Å². The highest BCUT2D eigenvalue weighted by Gasteiger charge is 2.13. The van der Waals surface area contributed by atoms with E-state index in [2.05, 4.69) is 60.4 Å². The molecule has 0 bridgehead atoms. The molecule has 0 aliphatic carbocycles. The van der Waals surface area contributed by atoms with Gasteiger partial charge in [0.05, 0.1) is 0 Å². The number of hydrogen-bond acceptors (Lipinski definition) is 3. The average molecular weight is 323 g/mol. The number of guanidine groups is 1. The van der Waals surface area contributed by atoms with E-state index in [1.165, 1.54) is 6.42 Å². The summed E-state index contributed by atoms with van der Waals surface area (Å²) < 4.78 is 2.00. The van der Waals surface area contributed by atoms with Gasteiger partial charge in [-0.1, -0.05) is 20.8 Å². The molecule has 1 heterocycles. The van der Waals surface area contributed by atoms with E-state index in [-0.39, 0.29) is 0 Å². The second kappa shape index (κ2) is 10.2. The molecule has 0 fully saturated rings. The van der Waals surface area contributed by atoms with Crippen LogP contribution in [-0.4, -0.2) is 39.9 Å². The van der Waals surface area contributed by atoms with E-state index in [1.54, 1.807) is 12.7 Å². The summed E-state index contributed by atoms with van der Waals surface area (Å²) >= 11 is 0. The average Bonchev–Trinajstić information content (AvgIpc) is 2.97. The molecule has 1 rings (SSSR count). The molecule has 6 nitrogen and oxygen atoms in total. The first-order valence-corrected chi connectivity index (χ1v) is 8.78. The van der Waals surface area contributed by atoms with Gasteiger partial charge in [0, 0.05) is 25.7 Å². The number of unbranched alkanes of at least 4 members (excludes halogenated alkanes) is 1. The summed E-state index contributed by atoms with van der Waals surface area (Å²) in [5.74, 6) is 0.929. The van der Waals surface area contributed by atoms with E-state index in [4.69, 9.17) is 0 Å². The topological polar surface area (TPSA) is 67.1 Å². The highest BCUT2D eigenvalue weighted by Crippen LogP contribution is 2.21. The van der Waals surface area contributed by atoms with Crippen LogP contribution in [0, 0.1) is 5.41 Å².